The van der Waals surface area contributed by atoms with Crippen LogP contribution in [0.25, 0.3) is 0 Å². The number of rotatable bonds is 8. The minimum atomic E-state index is -0.472. The van der Waals surface area contributed by atoms with E-state index in [4.69, 9.17) is 4.74 Å². The summed E-state index contributed by atoms with van der Waals surface area (Å²) in [6, 6.07) is 0.161. The first-order chi connectivity index (χ1) is 9.63. The van der Waals surface area contributed by atoms with Gasteiger partial charge in [0, 0.05) is 18.5 Å². The fourth-order valence-corrected chi connectivity index (χ4v) is 2.25. The van der Waals surface area contributed by atoms with Crippen molar-refractivity contribution in [3.05, 3.63) is 12.7 Å². The number of ether oxygens (including phenoxy) is 1. The third kappa shape index (κ3) is 6.50. The molecule has 112 valence electrons. The summed E-state index contributed by atoms with van der Waals surface area (Å²) in [5.41, 5.74) is 0. The molecule has 1 aliphatic carbocycles. The average molecular weight is 281 g/mol. The van der Waals surface area contributed by atoms with Gasteiger partial charge in [-0.1, -0.05) is 25.8 Å². The third-order valence-corrected chi connectivity index (χ3v) is 3.40. The first-order valence-electron chi connectivity index (χ1n) is 7.26. The van der Waals surface area contributed by atoms with Crippen LogP contribution in [0.2, 0.25) is 0 Å². The quantitative estimate of drug-likeness (QED) is 0.319. The van der Waals surface area contributed by atoms with Gasteiger partial charge >= 0.3 is 5.97 Å². The second-order valence-corrected chi connectivity index (χ2v) is 5.06. The Balaban J connectivity index is 2.10. The molecular weight excluding hydrogens is 258 g/mol. The van der Waals surface area contributed by atoms with Crippen LogP contribution in [0.1, 0.15) is 51.4 Å². The van der Waals surface area contributed by atoms with Gasteiger partial charge in [0.25, 0.3) is 5.91 Å². The van der Waals surface area contributed by atoms with Crippen molar-refractivity contribution in [1.29, 1.82) is 0 Å². The number of hydrogen-bond acceptors (Lipinski definition) is 4. The molecule has 0 saturated heterocycles. The molecule has 1 rings (SSSR count). The Morgan fingerprint density at radius 3 is 2.50 bits per heavy atom. The molecule has 0 atom stereocenters. The van der Waals surface area contributed by atoms with E-state index in [-0.39, 0.29) is 24.9 Å². The van der Waals surface area contributed by atoms with Gasteiger partial charge in [-0.3, -0.25) is 9.59 Å². The zero-order valence-electron chi connectivity index (χ0n) is 11.9. The molecule has 5 nitrogen and oxygen atoms in total. The summed E-state index contributed by atoms with van der Waals surface area (Å²) in [4.78, 5) is 34.1. The number of ketones is 1. The molecule has 0 spiro atoms. The van der Waals surface area contributed by atoms with Gasteiger partial charge in [0.05, 0.1) is 6.61 Å². The molecule has 0 aromatic rings. The van der Waals surface area contributed by atoms with Gasteiger partial charge in [-0.05, 0) is 25.7 Å². The Morgan fingerprint density at radius 2 is 1.85 bits per heavy atom. The first-order valence-corrected chi connectivity index (χ1v) is 7.26. The Morgan fingerprint density at radius 1 is 1.15 bits per heavy atom. The predicted molar refractivity (Wildman–Crippen MR) is 75.0 cm³/mol. The van der Waals surface area contributed by atoms with Gasteiger partial charge < -0.3 is 10.1 Å². The second-order valence-electron chi connectivity index (χ2n) is 5.06. The molecule has 0 heterocycles. The van der Waals surface area contributed by atoms with Crippen molar-refractivity contribution in [2.45, 2.75) is 57.4 Å². The SMILES string of the molecule is C=CC(=O)OCCCCC(=O)C(=O)NC1CCCCC1. The van der Waals surface area contributed by atoms with Crippen molar-refractivity contribution >= 4 is 17.7 Å². The molecule has 1 N–H and O–H groups in total. The van der Waals surface area contributed by atoms with Crippen LogP contribution in [0, 0.1) is 0 Å². The fourth-order valence-electron chi connectivity index (χ4n) is 2.25. The van der Waals surface area contributed by atoms with Gasteiger partial charge in [-0.25, -0.2) is 4.79 Å². The summed E-state index contributed by atoms with van der Waals surface area (Å²) in [6.07, 6.45) is 7.80. The maximum absolute atomic E-state index is 11.7. The van der Waals surface area contributed by atoms with Crippen LogP contribution in [-0.2, 0) is 19.1 Å². The number of Topliss-reactive ketones (excluding diaryl/α,β-unsaturated/α-hetero) is 1. The normalized spacial score (nSPS) is 15.4. The minimum absolute atomic E-state index is 0.161. The molecule has 0 radical (unpaired) electrons. The molecule has 20 heavy (non-hydrogen) atoms. The van der Waals surface area contributed by atoms with Crippen LogP contribution in [0.5, 0.6) is 0 Å². The molecule has 1 saturated carbocycles. The number of nitrogens with one attached hydrogen (secondary N) is 1. The van der Waals surface area contributed by atoms with E-state index < -0.39 is 11.9 Å². The van der Waals surface area contributed by atoms with E-state index in [1.165, 1.54) is 6.42 Å². The Kier molecular flexibility index (Phi) is 7.62. The van der Waals surface area contributed by atoms with Gasteiger partial charge in [0.1, 0.15) is 0 Å². The van der Waals surface area contributed by atoms with Crippen LogP contribution < -0.4 is 5.32 Å². The van der Waals surface area contributed by atoms with Crippen molar-refractivity contribution < 1.29 is 19.1 Å². The van der Waals surface area contributed by atoms with E-state index in [9.17, 15) is 14.4 Å². The summed E-state index contributed by atoms with van der Waals surface area (Å²) in [5.74, 6) is -1.32. The molecule has 0 aliphatic heterocycles. The summed E-state index contributed by atoms with van der Waals surface area (Å²) < 4.78 is 4.79. The second kappa shape index (κ2) is 9.28. The lowest BCUT2D eigenvalue weighted by Gasteiger charge is -2.22. The van der Waals surface area contributed by atoms with E-state index in [2.05, 4.69) is 11.9 Å². The van der Waals surface area contributed by atoms with Crippen molar-refractivity contribution in [3.63, 3.8) is 0 Å². The average Bonchev–Trinajstić information content (AvgIpc) is 2.47. The number of carbonyl (C=O) groups is 3. The maximum Gasteiger partial charge on any atom is 0.330 e. The molecule has 1 fully saturated rings. The lowest BCUT2D eigenvalue weighted by atomic mass is 9.95. The Hall–Kier alpha value is -1.65. The minimum Gasteiger partial charge on any atom is -0.463 e. The van der Waals surface area contributed by atoms with Crippen molar-refractivity contribution in [2.75, 3.05) is 6.61 Å². The standard InChI is InChI=1S/C15H23NO4/c1-2-14(18)20-11-7-6-10-13(17)15(19)16-12-8-4-3-5-9-12/h2,12H,1,3-11H2,(H,16,19). The zero-order valence-corrected chi connectivity index (χ0v) is 11.9. The van der Waals surface area contributed by atoms with Gasteiger partial charge in [-0.2, -0.15) is 0 Å². The number of esters is 1. The zero-order chi connectivity index (χ0) is 14.8. The van der Waals surface area contributed by atoms with Crippen LogP contribution >= 0.6 is 0 Å². The summed E-state index contributed by atoms with van der Waals surface area (Å²) in [6.45, 7) is 3.54. The molecule has 1 amide bonds. The van der Waals surface area contributed by atoms with E-state index in [0.717, 1.165) is 31.8 Å². The smallest absolute Gasteiger partial charge is 0.330 e. The largest absolute Gasteiger partial charge is 0.463 e. The fraction of sp³-hybridized carbons (Fsp3) is 0.667. The molecule has 0 aromatic carbocycles. The Bertz CT molecular complexity index is 359. The highest BCUT2D eigenvalue weighted by atomic mass is 16.5. The van der Waals surface area contributed by atoms with E-state index in [1.807, 2.05) is 0 Å². The molecule has 5 heteroatoms. The number of hydrogen-bond donors (Lipinski definition) is 1. The van der Waals surface area contributed by atoms with Crippen LogP contribution in [0.4, 0.5) is 0 Å². The predicted octanol–water partition coefficient (Wildman–Crippen LogP) is 1.90. The number of carbonyl (C=O) groups excluding carboxylic acids is 3. The van der Waals surface area contributed by atoms with Crippen LogP contribution in [0.15, 0.2) is 12.7 Å². The molecule has 1 aliphatic rings. The summed E-state index contributed by atoms with van der Waals surface area (Å²) in [5, 5.41) is 2.80. The maximum atomic E-state index is 11.7. The van der Waals surface area contributed by atoms with Crippen LogP contribution in [-0.4, -0.2) is 30.3 Å². The molecular formula is C15H23NO4. The summed E-state index contributed by atoms with van der Waals surface area (Å²) in [7, 11) is 0. The lowest BCUT2D eigenvalue weighted by Crippen LogP contribution is -2.40. The highest BCUT2D eigenvalue weighted by molar-refractivity contribution is 6.36. The van der Waals surface area contributed by atoms with E-state index >= 15 is 0 Å². The van der Waals surface area contributed by atoms with Gasteiger partial charge in [0.15, 0.2) is 0 Å². The van der Waals surface area contributed by atoms with E-state index in [0.29, 0.717) is 12.8 Å². The van der Waals surface area contributed by atoms with Crippen molar-refractivity contribution in [2.24, 2.45) is 0 Å². The summed E-state index contributed by atoms with van der Waals surface area (Å²) >= 11 is 0. The monoisotopic (exact) mass is 281 g/mol. The molecule has 0 unspecified atom stereocenters. The lowest BCUT2D eigenvalue weighted by molar-refractivity contribution is -0.139. The number of unbranched alkanes of at least 4 members (excludes halogenated alkanes) is 1. The third-order valence-electron chi connectivity index (χ3n) is 3.40. The first kappa shape index (κ1) is 16.4. The Labute approximate surface area is 119 Å². The van der Waals surface area contributed by atoms with Crippen LogP contribution in [0.3, 0.4) is 0 Å². The van der Waals surface area contributed by atoms with Crippen molar-refractivity contribution in [1.82, 2.24) is 5.32 Å². The van der Waals surface area contributed by atoms with Gasteiger partial charge in [0.2, 0.25) is 5.78 Å². The highest BCUT2D eigenvalue weighted by Gasteiger charge is 2.19. The molecule has 0 bridgehead atoms. The van der Waals surface area contributed by atoms with Gasteiger partial charge in [-0.15, -0.1) is 0 Å². The van der Waals surface area contributed by atoms with E-state index in [1.54, 1.807) is 0 Å². The number of amides is 1. The topological polar surface area (TPSA) is 72.5 Å². The highest BCUT2D eigenvalue weighted by Crippen LogP contribution is 2.17. The van der Waals surface area contributed by atoms with Crippen molar-refractivity contribution in [3.8, 4) is 0 Å². The molecule has 0 aromatic heterocycles.